The topological polar surface area (TPSA) is 0 Å². The van der Waals surface area contributed by atoms with Crippen molar-refractivity contribution in [3.05, 3.63) is 22.5 Å². The maximum atomic E-state index is 12.1. The molecule has 0 rings (SSSR count). The van der Waals surface area contributed by atoms with Crippen molar-refractivity contribution < 1.29 is 4.39 Å². The summed E-state index contributed by atoms with van der Waals surface area (Å²) < 4.78 is 11.7. The predicted octanol–water partition coefficient (Wildman–Crippen LogP) is 3.18. The number of rotatable bonds is 1. The molecule has 0 aliphatic rings. The van der Waals surface area contributed by atoms with Gasteiger partial charge in [0, 0.05) is 0 Å². The van der Waals surface area contributed by atoms with E-state index < -0.39 is 5.83 Å². The second-order valence-electron chi connectivity index (χ2n) is 1.11. The zero-order valence-electron chi connectivity index (χ0n) is 4.29. The van der Waals surface area contributed by atoms with Gasteiger partial charge in [-0.1, -0.05) is 29.3 Å². The van der Waals surface area contributed by atoms with E-state index in [4.69, 9.17) is 23.2 Å². The van der Waals surface area contributed by atoms with Gasteiger partial charge in [-0.25, -0.2) is 4.39 Å². The quantitative estimate of drug-likeness (QED) is 0.510. The molecule has 0 heterocycles. The summed E-state index contributed by atoms with van der Waals surface area (Å²) in [5.74, 6) is -0.601. The highest BCUT2D eigenvalue weighted by Crippen LogP contribution is 2.15. The van der Waals surface area contributed by atoms with E-state index >= 15 is 0 Å². The van der Waals surface area contributed by atoms with E-state index in [9.17, 15) is 4.39 Å². The minimum atomic E-state index is -0.601. The first-order valence-corrected chi connectivity index (χ1v) is 2.77. The van der Waals surface area contributed by atoms with Crippen LogP contribution in [0.3, 0.4) is 0 Å². The van der Waals surface area contributed by atoms with E-state index in [-0.39, 0.29) is 4.49 Å². The summed E-state index contributed by atoms with van der Waals surface area (Å²) in [7, 11) is 0. The molecule has 8 heavy (non-hydrogen) atoms. The van der Waals surface area contributed by atoms with Gasteiger partial charge in [0.2, 0.25) is 0 Å². The lowest BCUT2D eigenvalue weighted by Crippen LogP contribution is -1.62. The molecular formula is C5H5Cl2F. The highest BCUT2D eigenvalue weighted by Gasteiger charge is 1.91. The third-order valence-corrected chi connectivity index (χ3v) is 0.855. The minimum absolute atomic E-state index is 0.330. The Bertz CT molecular complexity index is 122. The van der Waals surface area contributed by atoms with Gasteiger partial charge in [0.05, 0.1) is 0 Å². The van der Waals surface area contributed by atoms with Gasteiger partial charge in [0.1, 0.15) is 4.49 Å². The Morgan fingerprint density at radius 1 is 1.50 bits per heavy atom. The summed E-state index contributed by atoms with van der Waals surface area (Å²) in [6.45, 7) is 1.68. The zero-order chi connectivity index (χ0) is 6.57. The SMILES string of the molecule is C/C=C/C(F)=C(Cl)Cl. The van der Waals surface area contributed by atoms with Crippen LogP contribution in [0.2, 0.25) is 0 Å². The fourth-order valence-corrected chi connectivity index (χ4v) is 0.335. The molecule has 0 N–H and O–H groups in total. The molecule has 0 amide bonds. The van der Waals surface area contributed by atoms with Crippen LogP contribution in [0.5, 0.6) is 0 Å². The molecule has 0 saturated carbocycles. The van der Waals surface area contributed by atoms with Crippen LogP contribution >= 0.6 is 23.2 Å². The molecule has 0 aromatic heterocycles. The first-order chi connectivity index (χ1) is 3.68. The Hall–Kier alpha value is -0.0100. The summed E-state index contributed by atoms with van der Waals surface area (Å²) >= 11 is 10.1. The number of allylic oxidation sites excluding steroid dienone is 3. The van der Waals surface area contributed by atoms with Gasteiger partial charge in [-0.15, -0.1) is 0 Å². The molecule has 0 nitrogen and oxygen atoms in total. The largest absolute Gasteiger partial charge is 0.204 e. The number of hydrogen-bond donors (Lipinski definition) is 0. The van der Waals surface area contributed by atoms with Crippen molar-refractivity contribution in [3.8, 4) is 0 Å². The molecule has 3 heteroatoms. The summed E-state index contributed by atoms with van der Waals surface area (Å²) in [5.41, 5.74) is 0. The van der Waals surface area contributed by atoms with Crippen molar-refractivity contribution in [3.63, 3.8) is 0 Å². The van der Waals surface area contributed by atoms with Crippen LogP contribution in [-0.4, -0.2) is 0 Å². The van der Waals surface area contributed by atoms with Gasteiger partial charge in [-0.3, -0.25) is 0 Å². The fraction of sp³-hybridized carbons (Fsp3) is 0.200. The van der Waals surface area contributed by atoms with Crippen LogP contribution in [0.4, 0.5) is 4.39 Å². The molecule has 0 bridgehead atoms. The molecule has 0 aliphatic carbocycles. The Morgan fingerprint density at radius 3 is 2.12 bits per heavy atom. The van der Waals surface area contributed by atoms with Gasteiger partial charge in [-0.2, -0.15) is 0 Å². The first kappa shape index (κ1) is 7.99. The molecule has 0 radical (unpaired) electrons. The molecule has 0 spiro atoms. The van der Waals surface area contributed by atoms with E-state index in [1.807, 2.05) is 0 Å². The van der Waals surface area contributed by atoms with Crippen LogP contribution in [0, 0.1) is 0 Å². The van der Waals surface area contributed by atoms with Crippen molar-refractivity contribution in [2.24, 2.45) is 0 Å². The van der Waals surface area contributed by atoms with E-state index in [2.05, 4.69) is 0 Å². The van der Waals surface area contributed by atoms with E-state index in [0.29, 0.717) is 0 Å². The highest BCUT2D eigenvalue weighted by molar-refractivity contribution is 6.56. The minimum Gasteiger partial charge on any atom is -0.204 e. The van der Waals surface area contributed by atoms with Crippen molar-refractivity contribution in [2.45, 2.75) is 6.92 Å². The lowest BCUT2D eigenvalue weighted by Gasteiger charge is -1.82. The summed E-state index contributed by atoms with van der Waals surface area (Å²) in [5, 5.41) is 0. The van der Waals surface area contributed by atoms with Crippen molar-refractivity contribution >= 4 is 23.2 Å². The monoisotopic (exact) mass is 154 g/mol. The third-order valence-electron chi connectivity index (χ3n) is 0.494. The maximum Gasteiger partial charge on any atom is 0.152 e. The molecule has 0 aliphatic heterocycles. The standard InChI is InChI=1S/C5H5Cl2F/c1-2-3-4(8)5(6)7/h2-3H,1H3/b3-2+. The lowest BCUT2D eigenvalue weighted by molar-refractivity contribution is 0.667. The van der Waals surface area contributed by atoms with Gasteiger partial charge in [0.25, 0.3) is 0 Å². The Morgan fingerprint density at radius 2 is 2.00 bits per heavy atom. The first-order valence-electron chi connectivity index (χ1n) is 2.02. The van der Waals surface area contributed by atoms with Gasteiger partial charge in [0.15, 0.2) is 5.83 Å². The lowest BCUT2D eigenvalue weighted by atomic mass is 10.5. The summed E-state index contributed by atoms with van der Waals surface area (Å²) in [4.78, 5) is 0. The van der Waals surface area contributed by atoms with Gasteiger partial charge >= 0.3 is 0 Å². The van der Waals surface area contributed by atoms with Crippen molar-refractivity contribution in [1.29, 1.82) is 0 Å². The normalized spacial score (nSPS) is 10.0. The van der Waals surface area contributed by atoms with Crippen LogP contribution in [0.25, 0.3) is 0 Å². The maximum absolute atomic E-state index is 12.1. The van der Waals surface area contributed by atoms with Crippen LogP contribution in [0.15, 0.2) is 22.5 Å². The summed E-state index contributed by atoms with van der Waals surface area (Å²) in [6.07, 6.45) is 2.70. The number of hydrogen-bond acceptors (Lipinski definition) is 0. The van der Waals surface area contributed by atoms with E-state index in [0.717, 1.165) is 0 Å². The molecule has 0 saturated heterocycles. The number of halogens is 3. The van der Waals surface area contributed by atoms with Gasteiger partial charge < -0.3 is 0 Å². The molecule has 0 aromatic rings. The molecular weight excluding hydrogens is 150 g/mol. The Balaban J connectivity index is 4.00. The molecule has 0 fully saturated rings. The molecule has 0 unspecified atom stereocenters. The van der Waals surface area contributed by atoms with Crippen LogP contribution in [-0.2, 0) is 0 Å². The Kier molecular flexibility index (Phi) is 3.92. The second-order valence-corrected chi connectivity index (χ2v) is 2.06. The van der Waals surface area contributed by atoms with Gasteiger partial charge in [-0.05, 0) is 13.0 Å². The smallest absolute Gasteiger partial charge is 0.152 e. The highest BCUT2D eigenvalue weighted by atomic mass is 35.5. The fourth-order valence-electron chi connectivity index (χ4n) is 0.209. The molecule has 46 valence electrons. The van der Waals surface area contributed by atoms with Crippen LogP contribution in [0.1, 0.15) is 6.92 Å². The van der Waals surface area contributed by atoms with Crippen LogP contribution < -0.4 is 0 Å². The third kappa shape index (κ3) is 3.05. The Labute approximate surface area is 57.6 Å². The molecule has 0 aromatic carbocycles. The zero-order valence-corrected chi connectivity index (χ0v) is 5.80. The van der Waals surface area contributed by atoms with E-state index in [1.54, 1.807) is 6.92 Å². The van der Waals surface area contributed by atoms with E-state index in [1.165, 1.54) is 12.2 Å². The van der Waals surface area contributed by atoms with Crippen molar-refractivity contribution in [2.75, 3.05) is 0 Å². The average molecular weight is 155 g/mol. The molecule has 0 atom stereocenters. The average Bonchev–Trinajstić information content (AvgIpc) is 1.67. The second kappa shape index (κ2) is 3.93. The summed E-state index contributed by atoms with van der Waals surface area (Å²) in [6, 6.07) is 0. The van der Waals surface area contributed by atoms with Crippen molar-refractivity contribution in [1.82, 2.24) is 0 Å². The predicted molar refractivity (Wildman–Crippen MR) is 34.7 cm³/mol.